The number of benzene rings is 5. The molecule has 29 heavy (non-hydrogen) atoms. The van der Waals surface area contributed by atoms with Gasteiger partial charge in [0, 0.05) is 0 Å². The van der Waals surface area contributed by atoms with Crippen molar-refractivity contribution in [1.82, 2.24) is 0 Å². The average Bonchev–Trinajstić information content (AvgIpc) is 3.16. The topological polar surface area (TPSA) is 0 Å². The molecule has 1 aliphatic carbocycles. The fraction of sp³-hybridized carbons (Fsp3) is 0.103. The van der Waals surface area contributed by atoms with Gasteiger partial charge < -0.3 is 0 Å². The molecule has 6 rings (SSSR count). The zero-order valence-corrected chi connectivity index (χ0v) is 16.6. The molecule has 0 fully saturated rings. The summed E-state index contributed by atoms with van der Waals surface area (Å²) < 4.78 is 0. The minimum absolute atomic E-state index is 1.03. The largest absolute Gasteiger partial charge is 0.0619 e. The van der Waals surface area contributed by atoms with Crippen LogP contribution in [0.25, 0.3) is 43.8 Å². The number of hydrogen-bond acceptors (Lipinski definition) is 0. The van der Waals surface area contributed by atoms with E-state index in [1.807, 2.05) is 0 Å². The number of aryl methyl sites for hydroxylation is 1. The molecule has 0 unspecified atom stereocenters. The Labute approximate surface area is 171 Å². The van der Waals surface area contributed by atoms with Crippen molar-refractivity contribution in [3.05, 3.63) is 108 Å². The maximum Gasteiger partial charge on any atom is -0.000718 e. The van der Waals surface area contributed by atoms with Gasteiger partial charge in [-0.05, 0) is 73.3 Å². The van der Waals surface area contributed by atoms with E-state index in [1.54, 1.807) is 0 Å². The second kappa shape index (κ2) is 6.32. The van der Waals surface area contributed by atoms with Gasteiger partial charge in [-0.2, -0.15) is 0 Å². The first-order valence-electron chi connectivity index (χ1n) is 10.5. The van der Waals surface area contributed by atoms with E-state index in [0.717, 1.165) is 12.8 Å². The molecule has 0 amide bonds. The summed E-state index contributed by atoms with van der Waals surface area (Å²) in [6, 6.07) is 33.7. The molecule has 0 nitrogen and oxygen atoms in total. The van der Waals surface area contributed by atoms with Gasteiger partial charge in [-0.15, -0.1) is 0 Å². The van der Waals surface area contributed by atoms with Crippen LogP contribution in [0.1, 0.15) is 23.6 Å². The molecule has 0 radical (unpaired) electrons. The fourth-order valence-corrected chi connectivity index (χ4v) is 5.15. The van der Waals surface area contributed by atoms with Gasteiger partial charge in [-0.1, -0.05) is 97.9 Å². The summed E-state index contributed by atoms with van der Waals surface area (Å²) in [5.41, 5.74) is 10.0. The van der Waals surface area contributed by atoms with Gasteiger partial charge in [0.1, 0.15) is 0 Å². The van der Waals surface area contributed by atoms with E-state index in [0.29, 0.717) is 0 Å². The molecule has 0 saturated carbocycles. The van der Waals surface area contributed by atoms with Crippen LogP contribution < -0.4 is 0 Å². The first kappa shape index (κ1) is 16.6. The molecule has 0 aromatic heterocycles. The van der Waals surface area contributed by atoms with Gasteiger partial charge in [0.15, 0.2) is 0 Å². The second-order valence-electron chi connectivity index (χ2n) is 8.00. The second-order valence-corrected chi connectivity index (χ2v) is 8.00. The lowest BCUT2D eigenvalue weighted by atomic mass is 9.87. The molecule has 0 N–H and O–H groups in total. The minimum Gasteiger partial charge on any atom is -0.0619 e. The molecule has 0 aliphatic heterocycles. The van der Waals surface area contributed by atoms with Crippen LogP contribution in [-0.4, -0.2) is 0 Å². The van der Waals surface area contributed by atoms with E-state index < -0.39 is 0 Å². The number of fused-ring (bicyclic) bond motifs is 6. The normalized spacial score (nSPS) is 12.3. The summed E-state index contributed by atoms with van der Waals surface area (Å²) >= 11 is 0. The van der Waals surface area contributed by atoms with Crippen LogP contribution in [0.5, 0.6) is 0 Å². The highest BCUT2D eigenvalue weighted by molar-refractivity contribution is 6.12. The molecule has 0 bridgehead atoms. The number of hydrogen-bond donors (Lipinski definition) is 0. The Morgan fingerprint density at radius 1 is 0.586 bits per heavy atom. The fourth-order valence-electron chi connectivity index (χ4n) is 5.15. The lowest BCUT2D eigenvalue weighted by Gasteiger charge is -2.17. The smallest absolute Gasteiger partial charge is 0.000718 e. The maximum atomic E-state index is 2.34. The van der Waals surface area contributed by atoms with E-state index in [-0.39, 0.29) is 0 Å². The molecule has 0 heterocycles. The molecule has 1 aliphatic rings. The van der Waals surface area contributed by atoms with E-state index in [2.05, 4.69) is 97.9 Å². The van der Waals surface area contributed by atoms with E-state index >= 15 is 0 Å². The lowest BCUT2D eigenvalue weighted by Crippen LogP contribution is -1.96. The van der Waals surface area contributed by atoms with Crippen molar-refractivity contribution < 1.29 is 0 Å². The Bertz CT molecular complexity index is 1400. The Morgan fingerprint density at radius 2 is 1.38 bits per heavy atom. The SMILES string of the molecule is CCc1ccc2c(c1-c1cccc3c1ccc1ccccc13)Cc1ccccc1-2. The van der Waals surface area contributed by atoms with Gasteiger partial charge >= 0.3 is 0 Å². The van der Waals surface area contributed by atoms with Crippen molar-refractivity contribution in [1.29, 1.82) is 0 Å². The van der Waals surface area contributed by atoms with Crippen molar-refractivity contribution >= 4 is 21.5 Å². The zero-order chi connectivity index (χ0) is 19.4. The van der Waals surface area contributed by atoms with Crippen molar-refractivity contribution in [3.8, 4) is 22.3 Å². The summed E-state index contributed by atoms with van der Waals surface area (Å²) in [6.07, 6.45) is 2.07. The van der Waals surface area contributed by atoms with Crippen molar-refractivity contribution in [3.63, 3.8) is 0 Å². The summed E-state index contributed by atoms with van der Waals surface area (Å²) in [5, 5.41) is 5.33. The average molecular weight is 370 g/mol. The van der Waals surface area contributed by atoms with E-state index in [4.69, 9.17) is 0 Å². The third-order valence-electron chi connectivity index (χ3n) is 6.51. The van der Waals surface area contributed by atoms with Gasteiger partial charge in [-0.3, -0.25) is 0 Å². The van der Waals surface area contributed by atoms with Crippen LogP contribution in [-0.2, 0) is 12.8 Å². The first-order valence-corrected chi connectivity index (χ1v) is 10.5. The predicted molar refractivity (Wildman–Crippen MR) is 125 cm³/mol. The molecule has 5 aromatic carbocycles. The first-order chi connectivity index (χ1) is 14.3. The molecule has 0 spiro atoms. The monoisotopic (exact) mass is 370 g/mol. The highest BCUT2D eigenvalue weighted by Crippen LogP contribution is 2.45. The molecule has 0 heteroatoms. The van der Waals surface area contributed by atoms with Gasteiger partial charge in [0.25, 0.3) is 0 Å². The molecule has 0 saturated heterocycles. The lowest BCUT2D eigenvalue weighted by molar-refractivity contribution is 1.13. The molecular weight excluding hydrogens is 348 g/mol. The Balaban J connectivity index is 1.70. The van der Waals surface area contributed by atoms with Gasteiger partial charge in [0.2, 0.25) is 0 Å². The van der Waals surface area contributed by atoms with Crippen molar-refractivity contribution in [2.45, 2.75) is 19.8 Å². The highest BCUT2D eigenvalue weighted by Gasteiger charge is 2.24. The Kier molecular flexibility index (Phi) is 3.61. The van der Waals surface area contributed by atoms with E-state index in [1.165, 1.54) is 60.5 Å². The molecular formula is C29H22. The van der Waals surface area contributed by atoms with Crippen molar-refractivity contribution in [2.75, 3.05) is 0 Å². The van der Waals surface area contributed by atoms with Crippen LogP contribution >= 0.6 is 0 Å². The summed E-state index contributed by atoms with van der Waals surface area (Å²) in [6.45, 7) is 2.27. The Hall–Kier alpha value is -3.38. The van der Waals surface area contributed by atoms with Crippen LogP contribution in [0, 0.1) is 0 Å². The van der Waals surface area contributed by atoms with Crippen LogP contribution in [0.3, 0.4) is 0 Å². The summed E-state index contributed by atoms with van der Waals surface area (Å²) in [7, 11) is 0. The van der Waals surface area contributed by atoms with Gasteiger partial charge in [0.05, 0.1) is 0 Å². The predicted octanol–water partition coefficient (Wildman–Crippen LogP) is 7.79. The third-order valence-corrected chi connectivity index (χ3v) is 6.51. The summed E-state index contributed by atoms with van der Waals surface area (Å²) in [4.78, 5) is 0. The number of rotatable bonds is 2. The molecule has 0 atom stereocenters. The standard InChI is InChI=1S/C29H22/c1-2-19-14-16-25-23-11-6-4-9-21(23)18-28(25)29(19)27-13-7-12-24-22-10-5-3-8-20(22)15-17-26(24)27/h3-17H,2,18H2,1H3. The minimum atomic E-state index is 1.03. The van der Waals surface area contributed by atoms with Crippen molar-refractivity contribution in [2.24, 2.45) is 0 Å². The van der Waals surface area contributed by atoms with Gasteiger partial charge in [-0.25, -0.2) is 0 Å². The van der Waals surface area contributed by atoms with E-state index in [9.17, 15) is 0 Å². The molecule has 5 aromatic rings. The summed E-state index contributed by atoms with van der Waals surface area (Å²) in [5.74, 6) is 0. The zero-order valence-electron chi connectivity index (χ0n) is 16.6. The quantitative estimate of drug-likeness (QED) is 0.273. The maximum absolute atomic E-state index is 2.34. The van der Waals surface area contributed by atoms with Crippen LogP contribution in [0.2, 0.25) is 0 Å². The van der Waals surface area contributed by atoms with Crippen LogP contribution in [0.4, 0.5) is 0 Å². The highest BCUT2D eigenvalue weighted by atomic mass is 14.3. The molecule has 138 valence electrons. The Morgan fingerprint density at radius 3 is 2.31 bits per heavy atom. The third kappa shape index (κ3) is 2.39. The van der Waals surface area contributed by atoms with Crippen LogP contribution in [0.15, 0.2) is 91.0 Å².